The Morgan fingerprint density at radius 3 is 2.35 bits per heavy atom. The number of H-pyrrole nitrogens is 1. The number of piperazine rings is 1. The van der Waals surface area contributed by atoms with Crippen molar-refractivity contribution in [2.75, 3.05) is 31.1 Å². The molecule has 2 heterocycles. The maximum absolute atomic E-state index is 13.0. The highest BCUT2D eigenvalue weighted by Gasteiger charge is 2.23. The van der Waals surface area contributed by atoms with Crippen LogP contribution in [-0.2, 0) is 0 Å². The molecule has 1 saturated heterocycles. The number of benzene rings is 2. The van der Waals surface area contributed by atoms with E-state index in [1.165, 1.54) is 24.3 Å². The first-order chi connectivity index (χ1) is 12.7. The lowest BCUT2D eigenvalue weighted by molar-refractivity contribution is 0.0746. The van der Waals surface area contributed by atoms with Gasteiger partial charge in [0, 0.05) is 37.8 Å². The summed E-state index contributed by atoms with van der Waals surface area (Å²) in [5.74, 6) is 0.494. The minimum atomic E-state index is -0.334. The van der Waals surface area contributed by atoms with E-state index in [9.17, 15) is 9.18 Å². The van der Waals surface area contributed by atoms with Gasteiger partial charge >= 0.3 is 0 Å². The summed E-state index contributed by atoms with van der Waals surface area (Å²) in [6.07, 6.45) is 0. The van der Waals surface area contributed by atoms with Crippen molar-refractivity contribution in [1.29, 1.82) is 0 Å². The van der Waals surface area contributed by atoms with Gasteiger partial charge in [-0.15, -0.1) is 0 Å². The zero-order valence-corrected chi connectivity index (χ0v) is 14.2. The number of hydrogen-bond acceptors (Lipinski definition) is 3. The zero-order valence-electron chi connectivity index (χ0n) is 14.2. The molecule has 132 valence electrons. The number of nitrogens with one attached hydrogen (secondary N) is 1. The fourth-order valence-electron chi connectivity index (χ4n) is 3.15. The van der Waals surface area contributed by atoms with Crippen LogP contribution < -0.4 is 4.90 Å². The van der Waals surface area contributed by atoms with Crippen LogP contribution in [0.15, 0.2) is 60.7 Å². The SMILES string of the molecule is O=C(c1ccc(F)cc1)N1CCN(c2cc(-c3ccccc3)[nH]n2)CC1. The first-order valence-electron chi connectivity index (χ1n) is 8.61. The molecule has 0 atom stereocenters. The van der Waals surface area contributed by atoms with Gasteiger partial charge < -0.3 is 9.80 Å². The lowest BCUT2D eigenvalue weighted by Crippen LogP contribution is -2.48. The van der Waals surface area contributed by atoms with Crippen LogP contribution in [0.3, 0.4) is 0 Å². The third-order valence-electron chi connectivity index (χ3n) is 4.63. The van der Waals surface area contributed by atoms with E-state index in [2.05, 4.69) is 15.1 Å². The van der Waals surface area contributed by atoms with Crippen LogP contribution in [0.2, 0.25) is 0 Å². The van der Waals surface area contributed by atoms with Crippen molar-refractivity contribution in [2.24, 2.45) is 0 Å². The Morgan fingerprint density at radius 1 is 0.962 bits per heavy atom. The van der Waals surface area contributed by atoms with Crippen LogP contribution in [0.4, 0.5) is 10.2 Å². The first-order valence-corrected chi connectivity index (χ1v) is 8.61. The highest BCUT2D eigenvalue weighted by Crippen LogP contribution is 2.22. The number of nitrogens with zero attached hydrogens (tertiary/aromatic N) is 3. The number of aromatic amines is 1. The molecule has 0 saturated carbocycles. The summed E-state index contributed by atoms with van der Waals surface area (Å²) in [5.41, 5.74) is 2.59. The third-order valence-corrected chi connectivity index (χ3v) is 4.63. The van der Waals surface area contributed by atoms with Gasteiger partial charge in [0.1, 0.15) is 5.82 Å². The molecule has 0 bridgehead atoms. The predicted octanol–water partition coefficient (Wildman–Crippen LogP) is 3.18. The number of amides is 1. The second-order valence-corrected chi connectivity index (χ2v) is 6.29. The first kappa shape index (κ1) is 16.3. The van der Waals surface area contributed by atoms with Crippen molar-refractivity contribution in [3.63, 3.8) is 0 Å². The summed E-state index contributed by atoms with van der Waals surface area (Å²) in [6.45, 7) is 2.66. The van der Waals surface area contributed by atoms with Crippen molar-refractivity contribution >= 4 is 11.7 Å². The van der Waals surface area contributed by atoms with E-state index >= 15 is 0 Å². The van der Waals surface area contributed by atoms with Gasteiger partial charge in [0.15, 0.2) is 5.82 Å². The standard InChI is InChI=1S/C20H19FN4O/c21-17-8-6-16(7-9-17)20(26)25-12-10-24(11-13-25)19-14-18(22-23-19)15-4-2-1-3-5-15/h1-9,14H,10-13H2,(H,22,23). The van der Waals surface area contributed by atoms with Crippen molar-refractivity contribution in [3.05, 3.63) is 72.0 Å². The lowest BCUT2D eigenvalue weighted by atomic mass is 10.1. The molecule has 6 heteroatoms. The zero-order chi connectivity index (χ0) is 17.9. The average molecular weight is 350 g/mol. The highest BCUT2D eigenvalue weighted by molar-refractivity contribution is 5.94. The molecule has 2 aromatic carbocycles. The molecule has 1 aliphatic heterocycles. The molecule has 0 spiro atoms. The minimum Gasteiger partial charge on any atom is -0.352 e. The fourth-order valence-corrected chi connectivity index (χ4v) is 3.15. The van der Waals surface area contributed by atoms with Gasteiger partial charge in [-0.3, -0.25) is 9.89 Å². The summed E-state index contributed by atoms with van der Waals surface area (Å²) in [6, 6.07) is 17.8. The van der Waals surface area contributed by atoms with Gasteiger partial charge in [-0.25, -0.2) is 4.39 Å². The second-order valence-electron chi connectivity index (χ2n) is 6.29. The van der Waals surface area contributed by atoms with E-state index < -0.39 is 0 Å². The maximum Gasteiger partial charge on any atom is 0.253 e. The maximum atomic E-state index is 13.0. The Bertz CT molecular complexity index is 884. The van der Waals surface area contributed by atoms with Crippen LogP contribution in [0.5, 0.6) is 0 Å². The van der Waals surface area contributed by atoms with Crippen LogP contribution in [0.25, 0.3) is 11.3 Å². The molecule has 1 amide bonds. The Hall–Kier alpha value is -3.15. The van der Waals surface area contributed by atoms with Gasteiger partial charge in [0.2, 0.25) is 0 Å². The normalized spacial score (nSPS) is 14.5. The van der Waals surface area contributed by atoms with E-state index in [0.29, 0.717) is 31.7 Å². The smallest absolute Gasteiger partial charge is 0.253 e. The molecule has 0 unspecified atom stereocenters. The molecule has 1 aromatic heterocycles. The average Bonchev–Trinajstić information content (AvgIpc) is 3.19. The molecule has 1 fully saturated rings. The molecule has 1 N–H and O–H groups in total. The molecule has 0 aliphatic carbocycles. The van der Waals surface area contributed by atoms with E-state index in [1.807, 2.05) is 36.4 Å². The molecular formula is C20H19FN4O. The van der Waals surface area contributed by atoms with Crippen molar-refractivity contribution < 1.29 is 9.18 Å². The van der Waals surface area contributed by atoms with Gasteiger partial charge in [-0.05, 0) is 29.8 Å². The van der Waals surface area contributed by atoms with Crippen LogP contribution in [0.1, 0.15) is 10.4 Å². The summed E-state index contributed by atoms with van der Waals surface area (Å²) in [4.78, 5) is 16.5. The number of carbonyl (C=O) groups excluding carboxylic acids is 1. The summed E-state index contributed by atoms with van der Waals surface area (Å²) >= 11 is 0. The van der Waals surface area contributed by atoms with E-state index in [4.69, 9.17) is 0 Å². The number of rotatable bonds is 3. The molecule has 3 aromatic rings. The molecule has 0 radical (unpaired) electrons. The second kappa shape index (κ2) is 7.00. The Kier molecular flexibility index (Phi) is 4.39. The van der Waals surface area contributed by atoms with Gasteiger partial charge in [-0.1, -0.05) is 30.3 Å². The molecular weight excluding hydrogens is 331 g/mol. The van der Waals surface area contributed by atoms with Crippen molar-refractivity contribution in [2.45, 2.75) is 0 Å². The van der Waals surface area contributed by atoms with Gasteiger partial charge in [-0.2, -0.15) is 5.10 Å². The van der Waals surface area contributed by atoms with Crippen LogP contribution in [0, 0.1) is 5.82 Å². The third kappa shape index (κ3) is 3.31. The lowest BCUT2D eigenvalue weighted by Gasteiger charge is -2.34. The number of anilines is 1. The predicted molar refractivity (Wildman–Crippen MR) is 98.5 cm³/mol. The van der Waals surface area contributed by atoms with Crippen molar-refractivity contribution in [3.8, 4) is 11.3 Å². The quantitative estimate of drug-likeness (QED) is 0.789. The largest absolute Gasteiger partial charge is 0.352 e. The van der Waals surface area contributed by atoms with Crippen LogP contribution in [-0.4, -0.2) is 47.2 Å². The molecule has 5 nitrogen and oxygen atoms in total. The fraction of sp³-hybridized carbons (Fsp3) is 0.200. The monoisotopic (exact) mass is 350 g/mol. The highest BCUT2D eigenvalue weighted by atomic mass is 19.1. The number of carbonyl (C=O) groups is 1. The summed E-state index contributed by atoms with van der Waals surface area (Å²) in [7, 11) is 0. The summed E-state index contributed by atoms with van der Waals surface area (Å²) < 4.78 is 13.0. The molecule has 1 aliphatic rings. The Labute approximate surface area is 151 Å². The minimum absolute atomic E-state index is 0.0587. The Balaban J connectivity index is 1.40. The van der Waals surface area contributed by atoms with Gasteiger partial charge in [0.05, 0.1) is 5.69 Å². The van der Waals surface area contributed by atoms with Gasteiger partial charge in [0.25, 0.3) is 5.91 Å². The number of hydrogen-bond donors (Lipinski definition) is 1. The van der Waals surface area contributed by atoms with E-state index in [-0.39, 0.29) is 11.7 Å². The topological polar surface area (TPSA) is 52.2 Å². The molecule has 4 rings (SSSR count). The van der Waals surface area contributed by atoms with Crippen LogP contribution >= 0.6 is 0 Å². The molecule has 26 heavy (non-hydrogen) atoms. The van der Waals surface area contributed by atoms with Crippen molar-refractivity contribution in [1.82, 2.24) is 15.1 Å². The van der Waals surface area contributed by atoms with E-state index in [0.717, 1.165) is 17.1 Å². The number of aromatic nitrogens is 2. The number of halogens is 1. The Morgan fingerprint density at radius 2 is 1.65 bits per heavy atom. The van der Waals surface area contributed by atoms with E-state index in [1.54, 1.807) is 4.90 Å². The summed E-state index contributed by atoms with van der Waals surface area (Å²) in [5, 5.41) is 7.49.